The molecule has 6 nitrogen and oxygen atoms in total. The molecule has 0 unspecified atom stereocenters. The van der Waals surface area contributed by atoms with E-state index in [1.165, 1.54) is 0 Å². The van der Waals surface area contributed by atoms with Crippen molar-refractivity contribution < 1.29 is 13.6 Å². The van der Waals surface area contributed by atoms with E-state index in [4.69, 9.17) is 0 Å². The predicted octanol–water partition coefficient (Wildman–Crippen LogP) is 1.97. The van der Waals surface area contributed by atoms with E-state index in [1.807, 2.05) is 33.7 Å². The van der Waals surface area contributed by atoms with Crippen LogP contribution >= 0.6 is 0 Å². The average Bonchev–Trinajstić information content (AvgIpc) is 3.04. The summed E-state index contributed by atoms with van der Waals surface area (Å²) in [5.41, 5.74) is 0.783. The molecule has 128 valence electrons. The quantitative estimate of drug-likeness (QED) is 0.714. The maximum absolute atomic E-state index is 13.3. The van der Waals surface area contributed by atoms with Gasteiger partial charge in [-0.25, -0.2) is 8.78 Å². The summed E-state index contributed by atoms with van der Waals surface area (Å²) >= 11 is 0. The van der Waals surface area contributed by atoms with E-state index in [9.17, 15) is 13.6 Å². The van der Waals surface area contributed by atoms with Gasteiger partial charge in [0.15, 0.2) is 5.65 Å². The second-order valence-corrected chi connectivity index (χ2v) is 5.87. The fourth-order valence-corrected chi connectivity index (χ4v) is 3.01. The van der Waals surface area contributed by atoms with Crippen LogP contribution in [0.2, 0.25) is 0 Å². The molecule has 1 saturated heterocycles. The highest BCUT2D eigenvalue weighted by Crippen LogP contribution is 2.17. The summed E-state index contributed by atoms with van der Waals surface area (Å²) in [5.74, 6) is -1.16. The summed E-state index contributed by atoms with van der Waals surface area (Å²) in [7, 11) is 0. The SMILES string of the molecule is O=C(c1cc(F)cc(F)c1)N1CCN(c2nnc3ccccn23)CC1. The summed E-state index contributed by atoms with van der Waals surface area (Å²) in [5, 5.41) is 8.33. The van der Waals surface area contributed by atoms with Crippen LogP contribution in [0.4, 0.5) is 14.7 Å². The maximum Gasteiger partial charge on any atom is 0.254 e. The third kappa shape index (κ3) is 2.90. The molecule has 1 aliphatic rings. The number of halogens is 2. The molecule has 3 heterocycles. The Kier molecular flexibility index (Phi) is 3.79. The van der Waals surface area contributed by atoms with Gasteiger partial charge in [-0.1, -0.05) is 6.07 Å². The highest BCUT2D eigenvalue weighted by Gasteiger charge is 2.25. The van der Waals surface area contributed by atoms with Crippen molar-refractivity contribution in [2.24, 2.45) is 0 Å². The first-order chi connectivity index (χ1) is 12.1. The van der Waals surface area contributed by atoms with Crippen molar-refractivity contribution in [3.8, 4) is 0 Å². The first-order valence-electron chi connectivity index (χ1n) is 7.92. The van der Waals surface area contributed by atoms with Gasteiger partial charge in [0.1, 0.15) is 11.6 Å². The molecule has 3 aromatic rings. The maximum atomic E-state index is 13.3. The normalized spacial score (nSPS) is 15.0. The number of carbonyl (C=O) groups excluding carboxylic acids is 1. The number of benzene rings is 1. The number of amides is 1. The van der Waals surface area contributed by atoms with Crippen LogP contribution in [-0.4, -0.2) is 51.6 Å². The highest BCUT2D eigenvalue weighted by atomic mass is 19.1. The van der Waals surface area contributed by atoms with E-state index in [0.29, 0.717) is 26.2 Å². The van der Waals surface area contributed by atoms with Crippen molar-refractivity contribution in [3.05, 3.63) is 59.8 Å². The summed E-state index contributed by atoms with van der Waals surface area (Å²) < 4.78 is 28.5. The second-order valence-electron chi connectivity index (χ2n) is 5.87. The number of rotatable bonds is 2. The van der Waals surface area contributed by atoms with E-state index >= 15 is 0 Å². The monoisotopic (exact) mass is 343 g/mol. The van der Waals surface area contributed by atoms with Crippen LogP contribution < -0.4 is 4.90 Å². The molecule has 0 N–H and O–H groups in total. The van der Waals surface area contributed by atoms with Gasteiger partial charge >= 0.3 is 0 Å². The zero-order chi connectivity index (χ0) is 17.4. The Bertz CT molecular complexity index is 913. The second kappa shape index (κ2) is 6.12. The molecule has 0 spiro atoms. The lowest BCUT2D eigenvalue weighted by Crippen LogP contribution is -2.49. The van der Waals surface area contributed by atoms with Crippen LogP contribution in [0.25, 0.3) is 5.65 Å². The van der Waals surface area contributed by atoms with Gasteiger partial charge in [-0.3, -0.25) is 9.20 Å². The molecule has 25 heavy (non-hydrogen) atoms. The van der Waals surface area contributed by atoms with E-state index < -0.39 is 11.6 Å². The fraction of sp³-hybridized carbons (Fsp3) is 0.235. The minimum Gasteiger partial charge on any atom is -0.337 e. The van der Waals surface area contributed by atoms with Crippen LogP contribution in [0.15, 0.2) is 42.6 Å². The number of aromatic nitrogens is 3. The van der Waals surface area contributed by atoms with Crippen LogP contribution in [0.5, 0.6) is 0 Å². The van der Waals surface area contributed by atoms with Crippen molar-refractivity contribution >= 4 is 17.5 Å². The number of fused-ring (bicyclic) bond motifs is 1. The molecule has 0 saturated carbocycles. The lowest BCUT2D eigenvalue weighted by Gasteiger charge is -2.34. The number of pyridine rings is 1. The number of carbonyl (C=O) groups is 1. The molecule has 1 aliphatic heterocycles. The number of hydrogen-bond donors (Lipinski definition) is 0. The largest absolute Gasteiger partial charge is 0.337 e. The molecule has 1 aromatic carbocycles. The first kappa shape index (κ1) is 15.5. The number of anilines is 1. The zero-order valence-corrected chi connectivity index (χ0v) is 13.3. The van der Waals surface area contributed by atoms with E-state index in [1.54, 1.807) is 4.90 Å². The van der Waals surface area contributed by atoms with Crippen molar-refractivity contribution in [3.63, 3.8) is 0 Å². The van der Waals surface area contributed by atoms with Crippen LogP contribution in [0.3, 0.4) is 0 Å². The molecule has 0 aliphatic carbocycles. The van der Waals surface area contributed by atoms with E-state index in [0.717, 1.165) is 29.8 Å². The average molecular weight is 343 g/mol. The Labute approximate surface area is 142 Å². The van der Waals surface area contributed by atoms with Crippen molar-refractivity contribution in [1.29, 1.82) is 0 Å². The van der Waals surface area contributed by atoms with Crippen molar-refractivity contribution in [2.45, 2.75) is 0 Å². The molecule has 0 radical (unpaired) electrons. The molecular formula is C17H15F2N5O. The summed E-state index contributed by atoms with van der Waals surface area (Å²) in [6, 6.07) is 8.54. The Morgan fingerprint density at radius 3 is 2.40 bits per heavy atom. The Morgan fingerprint density at radius 1 is 0.960 bits per heavy atom. The van der Waals surface area contributed by atoms with E-state index in [2.05, 4.69) is 10.2 Å². The van der Waals surface area contributed by atoms with Crippen LogP contribution in [0.1, 0.15) is 10.4 Å². The number of nitrogens with zero attached hydrogens (tertiary/aromatic N) is 5. The van der Waals surface area contributed by atoms with Gasteiger partial charge in [0, 0.05) is 44.0 Å². The minimum absolute atomic E-state index is 0.0267. The van der Waals surface area contributed by atoms with Gasteiger partial charge < -0.3 is 9.80 Å². The van der Waals surface area contributed by atoms with Crippen LogP contribution in [0, 0.1) is 11.6 Å². The lowest BCUT2D eigenvalue weighted by atomic mass is 10.1. The van der Waals surface area contributed by atoms with Gasteiger partial charge in [0.05, 0.1) is 0 Å². The first-order valence-corrected chi connectivity index (χ1v) is 7.92. The third-order valence-corrected chi connectivity index (χ3v) is 4.25. The Hall–Kier alpha value is -3.03. The van der Waals surface area contributed by atoms with E-state index in [-0.39, 0.29) is 11.5 Å². The summed E-state index contributed by atoms with van der Waals surface area (Å²) in [4.78, 5) is 16.1. The molecular weight excluding hydrogens is 328 g/mol. The van der Waals surface area contributed by atoms with Gasteiger partial charge in [0.25, 0.3) is 5.91 Å². The topological polar surface area (TPSA) is 53.7 Å². The lowest BCUT2D eigenvalue weighted by molar-refractivity contribution is 0.0745. The number of piperazine rings is 1. The fourth-order valence-electron chi connectivity index (χ4n) is 3.01. The van der Waals surface area contributed by atoms with Crippen molar-refractivity contribution in [1.82, 2.24) is 19.5 Å². The van der Waals surface area contributed by atoms with Gasteiger partial charge in [-0.05, 0) is 24.3 Å². The number of hydrogen-bond acceptors (Lipinski definition) is 4. The standard InChI is InChI=1S/C17H15F2N5O/c18-13-9-12(10-14(19)11-13)16(25)22-5-7-23(8-6-22)17-21-20-15-3-1-2-4-24(15)17/h1-4,9-11H,5-8H2. The minimum atomic E-state index is -0.753. The molecule has 1 fully saturated rings. The van der Waals surface area contributed by atoms with Crippen molar-refractivity contribution in [2.75, 3.05) is 31.1 Å². The summed E-state index contributed by atoms with van der Waals surface area (Å²) in [6.45, 7) is 2.02. The molecule has 8 heteroatoms. The molecule has 4 rings (SSSR count). The molecule has 1 amide bonds. The van der Waals surface area contributed by atoms with Gasteiger partial charge in [-0.15, -0.1) is 10.2 Å². The summed E-state index contributed by atoms with van der Waals surface area (Å²) in [6.07, 6.45) is 1.89. The van der Waals surface area contributed by atoms with Gasteiger partial charge in [-0.2, -0.15) is 0 Å². The molecule has 2 aromatic heterocycles. The Balaban J connectivity index is 1.48. The smallest absolute Gasteiger partial charge is 0.254 e. The predicted molar refractivity (Wildman–Crippen MR) is 87.5 cm³/mol. The van der Waals surface area contributed by atoms with Crippen LogP contribution in [-0.2, 0) is 0 Å². The third-order valence-electron chi connectivity index (χ3n) is 4.25. The molecule has 0 bridgehead atoms. The van der Waals surface area contributed by atoms with Gasteiger partial charge in [0.2, 0.25) is 5.95 Å². The highest BCUT2D eigenvalue weighted by molar-refractivity contribution is 5.94. The zero-order valence-electron chi connectivity index (χ0n) is 13.3. The molecule has 0 atom stereocenters. The Morgan fingerprint density at radius 2 is 1.68 bits per heavy atom.